The fourth-order valence-electron chi connectivity index (χ4n) is 2.19. The van der Waals surface area contributed by atoms with E-state index in [1.54, 1.807) is 6.07 Å². The molecule has 0 saturated carbocycles. The van der Waals surface area contributed by atoms with Crippen LogP contribution in [0.5, 0.6) is 0 Å². The summed E-state index contributed by atoms with van der Waals surface area (Å²) < 4.78 is 0. The Morgan fingerprint density at radius 3 is 2.55 bits per heavy atom. The first-order valence-corrected chi connectivity index (χ1v) is 6.60. The molecule has 0 fully saturated rings. The largest absolute Gasteiger partial charge is 0.397 e. The highest BCUT2D eigenvalue weighted by Gasteiger charge is 2.09. The summed E-state index contributed by atoms with van der Waals surface area (Å²) in [7, 11) is 0. The van der Waals surface area contributed by atoms with Gasteiger partial charge in [0.25, 0.3) is 0 Å². The molecule has 0 unspecified atom stereocenters. The Hall–Kier alpha value is -2.49. The fourth-order valence-corrected chi connectivity index (χ4v) is 2.19. The zero-order chi connectivity index (χ0) is 14.5. The minimum Gasteiger partial charge on any atom is -0.397 e. The molecule has 0 spiro atoms. The SMILES string of the molecule is CCN(Cc1cccc(C(N)=O)c1)c1ccccc1N. The molecule has 4 nitrogen and oxygen atoms in total. The van der Waals surface area contributed by atoms with Crippen molar-refractivity contribution >= 4 is 17.3 Å². The third-order valence-electron chi connectivity index (χ3n) is 3.24. The monoisotopic (exact) mass is 269 g/mol. The molecular formula is C16H19N3O. The van der Waals surface area contributed by atoms with Gasteiger partial charge < -0.3 is 16.4 Å². The van der Waals surface area contributed by atoms with E-state index < -0.39 is 5.91 Å². The molecule has 0 bridgehead atoms. The summed E-state index contributed by atoms with van der Waals surface area (Å²) in [5, 5.41) is 0. The number of amides is 1. The van der Waals surface area contributed by atoms with E-state index in [0.717, 1.165) is 23.5 Å². The van der Waals surface area contributed by atoms with Gasteiger partial charge >= 0.3 is 0 Å². The number of para-hydroxylation sites is 2. The molecule has 2 aromatic rings. The van der Waals surface area contributed by atoms with E-state index in [1.165, 1.54) is 0 Å². The van der Waals surface area contributed by atoms with Crippen molar-refractivity contribution in [2.45, 2.75) is 13.5 Å². The van der Waals surface area contributed by atoms with Crippen LogP contribution >= 0.6 is 0 Å². The molecule has 0 heterocycles. The maximum atomic E-state index is 11.2. The summed E-state index contributed by atoms with van der Waals surface area (Å²) >= 11 is 0. The molecule has 4 heteroatoms. The quantitative estimate of drug-likeness (QED) is 0.819. The highest BCUT2D eigenvalue weighted by atomic mass is 16.1. The molecule has 2 aromatic carbocycles. The van der Waals surface area contributed by atoms with Crippen LogP contribution in [0.3, 0.4) is 0 Å². The van der Waals surface area contributed by atoms with Gasteiger partial charge in [0.2, 0.25) is 5.91 Å². The molecular weight excluding hydrogens is 250 g/mol. The van der Waals surface area contributed by atoms with Crippen LogP contribution in [0, 0.1) is 0 Å². The van der Waals surface area contributed by atoms with Gasteiger partial charge in [-0.2, -0.15) is 0 Å². The smallest absolute Gasteiger partial charge is 0.248 e. The number of carbonyl (C=O) groups is 1. The van der Waals surface area contributed by atoms with Crippen molar-refractivity contribution in [1.29, 1.82) is 0 Å². The van der Waals surface area contributed by atoms with Crippen molar-refractivity contribution in [3.05, 3.63) is 59.7 Å². The molecule has 2 rings (SSSR count). The average molecular weight is 269 g/mol. The maximum Gasteiger partial charge on any atom is 0.248 e. The summed E-state index contributed by atoms with van der Waals surface area (Å²) in [6.45, 7) is 3.59. The lowest BCUT2D eigenvalue weighted by Gasteiger charge is -2.24. The number of primary amides is 1. The Balaban J connectivity index is 2.25. The number of nitrogen functional groups attached to an aromatic ring is 1. The van der Waals surface area contributed by atoms with E-state index in [0.29, 0.717) is 12.1 Å². The second-order valence-corrected chi connectivity index (χ2v) is 4.64. The first-order chi connectivity index (χ1) is 9.61. The van der Waals surface area contributed by atoms with E-state index >= 15 is 0 Å². The fraction of sp³-hybridized carbons (Fsp3) is 0.188. The number of rotatable bonds is 5. The van der Waals surface area contributed by atoms with Gasteiger partial charge in [-0.15, -0.1) is 0 Å². The van der Waals surface area contributed by atoms with Crippen molar-refractivity contribution in [3.63, 3.8) is 0 Å². The van der Waals surface area contributed by atoms with Crippen LogP contribution in [-0.2, 0) is 6.54 Å². The van der Waals surface area contributed by atoms with Crippen molar-refractivity contribution in [2.75, 3.05) is 17.2 Å². The normalized spacial score (nSPS) is 10.2. The van der Waals surface area contributed by atoms with Crippen LogP contribution in [0.25, 0.3) is 0 Å². The minimum absolute atomic E-state index is 0.408. The summed E-state index contributed by atoms with van der Waals surface area (Å²) in [4.78, 5) is 13.4. The van der Waals surface area contributed by atoms with Crippen molar-refractivity contribution in [3.8, 4) is 0 Å². The van der Waals surface area contributed by atoms with Crippen LogP contribution in [0.2, 0.25) is 0 Å². The van der Waals surface area contributed by atoms with Crippen molar-refractivity contribution < 1.29 is 4.79 Å². The number of carbonyl (C=O) groups excluding carboxylic acids is 1. The molecule has 0 aliphatic heterocycles. The molecule has 0 saturated heterocycles. The maximum absolute atomic E-state index is 11.2. The van der Waals surface area contributed by atoms with Gasteiger partial charge in [-0.3, -0.25) is 4.79 Å². The van der Waals surface area contributed by atoms with Crippen LogP contribution in [-0.4, -0.2) is 12.5 Å². The number of hydrogen-bond acceptors (Lipinski definition) is 3. The van der Waals surface area contributed by atoms with E-state index in [4.69, 9.17) is 11.5 Å². The average Bonchev–Trinajstić information content (AvgIpc) is 2.46. The van der Waals surface area contributed by atoms with Crippen LogP contribution in [0.1, 0.15) is 22.8 Å². The lowest BCUT2D eigenvalue weighted by molar-refractivity contribution is 0.1000. The van der Waals surface area contributed by atoms with Gasteiger partial charge in [-0.25, -0.2) is 0 Å². The van der Waals surface area contributed by atoms with Crippen LogP contribution in [0.4, 0.5) is 11.4 Å². The molecule has 0 atom stereocenters. The van der Waals surface area contributed by atoms with Gasteiger partial charge in [-0.05, 0) is 36.8 Å². The lowest BCUT2D eigenvalue weighted by Crippen LogP contribution is -2.23. The Kier molecular flexibility index (Phi) is 4.25. The summed E-state index contributed by atoms with van der Waals surface area (Å²) in [6, 6.07) is 15.1. The van der Waals surface area contributed by atoms with Crippen molar-refractivity contribution in [1.82, 2.24) is 0 Å². The second kappa shape index (κ2) is 6.10. The Morgan fingerprint density at radius 1 is 1.15 bits per heavy atom. The molecule has 1 amide bonds. The predicted octanol–water partition coefficient (Wildman–Crippen LogP) is 2.39. The Bertz CT molecular complexity index is 610. The standard InChI is InChI=1S/C16H19N3O/c1-2-19(15-9-4-3-8-14(15)17)11-12-6-5-7-13(10-12)16(18)20/h3-10H,2,11,17H2,1H3,(H2,18,20). The predicted molar refractivity (Wildman–Crippen MR) is 82.5 cm³/mol. The molecule has 0 aliphatic carbocycles. The number of benzene rings is 2. The zero-order valence-corrected chi connectivity index (χ0v) is 11.5. The van der Waals surface area contributed by atoms with Crippen LogP contribution in [0.15, 0.2) is 48.5 Å². The number of nitrogens with zero attached hydrogens (tertiary/aromatic N) is 1. The highest BCUT2D eigenvalue weighted by Crippen LogP contribution is 2.24. The minimum atomic E-state index is -0.408. The zero-order valence-electron chi connectivity index (χ0n) is 11.5. The van der Waals surface area contributed by atoms with Gasteiger partial charge in [0.15, 0.2) is 0 Å². The van der Waals surface area contributed by atoms with Gasteiger partial charge in [-0.1, -0.05) is 24.3 Å². The topological polar surface area (TPSA) is 72.3 Å². The van der Waals surface area contributed by atoms with E-state index in [9.17, 15) is 4.79 Å². The summed E-state index contributed by atoms with van der Waals surface area (Å²) in [6.07, 6.45) is 0. The first-order valence-electron chi connectivity index (χ1n) is 6.60. The number of hydrogen-bond donors (Lipinski definition) is 2. The van der Waals surface area contributed by atoms with Crippen LogP contribution < -0.4 is 16.4 Å². The molecule has 4 N–H and O–H groups in total. The summed E-state index contributed by atoms with van der Waals surface area (Å²) in [5.41, 5.74) is 14.6. The Labute approximate surface area is 119 Å². The van der Waals surface area contributed by atoms with Crippen molar-refractivity contribution in [2.24, 2.45) is 5.73 Å². The number of anilines is 2. The molecule has 0 aromatic heterocycles. The van der Waals surface area contributed by atoms with Gasteiger partial charge in [0.1, 0.15) is 0 Å². The molecule has 20 heavy (non-hydrogen) atoms. The first kappa shape index (κ1) is 13.9. The van der Waals surface area contributed by atoms with E-state index in [1.807, 2.05) is 42.5 Å². The van der Waals surface area contributed by atoms with E-state index in [2.05, 4.69) is 11.8 Å². The lowest BCUT2D eigenvalue weighted by atomic mass is 10.1. The third kappa shape index (κ3) is 3.09. The van der Waals surface area contributed by atoms with Gasteiger partial charge in [0.05, 0.1) is 11.4 Å². The molecule has 0 aliphatic rings. The number of nitrogens with two attached hydrogens (primary N) is 2. The Morgan fingerprint density at radius 2 is 1.90 bits per heavy atom. The van der Waals surface area contributed by atoms with E-state index in [-0.39, 0.29) is 0 Å². The highest BCUT2D eigenvalue weighted by molar-refractivity contribution is 5.92. The summed E-state index contributed by atoms with van der Waals surface area (Å²) in [5.74, 6) is -0.408. The third-order valence-corrected chi connectivity index (χ3v) is 3.24. The molecule has 0 radical (unpaired) electrons. The molecule has 104 valence electrons. The van der Waals surface area contributed by atoms with Gasteiger partial charge in [0, 0.05) is 18.7 Å². The second-order valence-electron chi connectivity index (χ2n) is 4.64.